The van der Waals surface area contributed by atoms with Crippen molar-refractivity contribution in [3.63, 3.8) is 0 Å². The van der Waals surface area contributed by atoms with E-state index >= 15 is 0 Å². The lowest BCUT2D eigenvalue weighted by Crippen LogP contribution is -2.12. The van der Waals surface area contributed by atoms with Crippen molar-refractivity contribution < 1.29 is 9.59 Å². The molecule has 0 unspecified atom stereocenters. The molecule has 0 saturated heterocycles. The van der Waals surface area contributed by atoms with Crippen LogP contribution >= 0.6 is 0 Å². The van der Waals surface area contributed by atoms with E-state index < -0.39 is 0 Å². The molecule has 0 atom stereocenters. The minimum Gasteiger partial charge on any atom is -0.348 e. The van der Waals surface area contributed by atoms with Gasteiger partial charge in [0.1, 0.15) is 6.29 Å². The summed E-state index contributed by atoms with van der Waals surface area (Å²) in [4.78, 5) is 21.4. The van der Waals surface area contributed by atoms with Crippen molar-refractivity contribution in [2.45, 2.75) is 13.0 Å². The van der Waals surface area contributed by atoms with Gasteiger partial charge in [-0.3, -0.25) is 4.79 Å². The topological polar surface area (TPSA) is 46.2 Å². The van der Waals surface area contributed by atoms with Crippen molar-refractivity contribution in [1.29, 1.82) is 0 Å². The molecule has 1 aliphatic rings. The summed E-state index contributed by atoms with van der Waals surface area (Å²) in [6, 6.07) is 5.44. The van der Waals surface area contributed by atoms with Gasteiger partial charge in [0.15, 0.2) is 0 Å². The molecular weight excluding hydrogens is 190 g/mol. The Morgan fingerprint density at radius 2 is 2.33 bits per heavy atom. The maximum absolute atomic E-state index is 11.3. The molecule has 3 nitrogen and oxygen atoms in total. The van der Waals surface area contributed by atoms with Crippen LogP contribution in [0.3, 0.4) is 0 Å². The summed E-state index contributed by atoms with van der Waals surface area (Å²) in [6.07, 6.45) is 0.991. The highest BCUT2D eigenvalue weighted by atomic mass is 16.1. The number of hydrogen-bond acceptors (Lipinski definition) is 2. The van der Waals surface area contributed by atoms with Crippen molar-refractivity contribution in [2.75, 3.05) is 0 Å². The van der Waals surface area contributed by atoms with Crippen molar-refractivity contribution in [1.82, 2.24) is 5.32 Å². The van der Waals surface area contributed by atoms with Gasteiger partial charge in [0.25, 0.3) is 5.91 Å². The van der Waals surface area contributed by atoms with Gasteiger partial charge in [-0.2, -0.15) is 0 Å². The monoisotopic (exact) mass is 199 g/mol. The van der Waals surface area contributed by atoms with Crippen LogP contribution in [0.4, 0.5) is 0 Å². The lowest BCUT2D eigenvalue weighted by molar-refractivity contribution is -0.107. The first-order valence-corrected chi connectivity index (χ1v) is 4.65. The third-order valence-electron chi connectivity index (χ3n) is 2.25. The summed E-state index contributed by atoms with van der Waals surface area (Å²) in [7, 11) is 0. The van der Waals surface area contributed by atoms with Crippen molar-refractivity contribution in [2.24, 2.45) is 0 Å². The molecule has 0 aliphatic carbocycles. The Morgan fingerprint density at radius 1 is 1.47 bits per heavy atom. The largest absolute Gasteiger partial charge is 0.348 e. The summed E-state index contributed by atoms with van der Waals surface area (Å²) in [6.45, 7) is 0.528. The van der Waals surface area contributed by atoms with E-state index in [1.54, 1.807) is 12.1 Å². The summed E-state index contributed by atoms with van der Waals surface area (Å²) in [5.74, 6) is 5.58. The first kappa shape index (κ1) is 9.47. The SMILES string of the molecule is O=CCC#Cc1cccc2c1CNC2=O. The lowest BCUT2D eigenvalue weighted by atomic mass is 10.0. The number of nitrogens with one attached hydrogen (secondary N) is 1. The van der Waals surface area contributed by atoms with Gasteiger partial charge < -0.3 is 10.1 Å². The van der Waals surface area contributed by atoms with Gasteiger partial charge in [-0.15, -0.1) is 0 Å². The predicted molar refractivity (Wildman–Crippen MR) is 55.2 cm³/mol. The van der Waals surface area contributed by atoms with Crippen LogP contribution in [-0.2, 0) is 11.3 Å². The van der Waals surface area contributed by atoms with Gasteiger partial charge in [0.05, 0.1) is 6.42 Å². The number of amides is 1. The number of hydrogen-bond donors (Lipinski definition) is 1. The van der Waals surface area contributed by atoms with Crippen LogP contribution < -0.4 is 5.32 Å². The van der Waals surface area contributed by atoms with Crippen LogP contribution in [0.1, 0.15) is 27.9 Å². The van der Waals surface area contributed by atoms with Crippen molar-refractivity contribution in [3.8, 4) is 11.8 Å². The van der Waals surface area contributed by atoms with Crippen LogP contribution in [0.2, 0.25) is 0 Å². The summed E-state index contributed by atoms with van der Waals surface area (Å²) < 4.78 is 0. The van der Waals surface area contributed by atoms with E-state index in [9.17, 15) is 9.59 Å². The Bertz CT molecular complexity index is 480. The molecule has 1 aliphatic heterocycles. The zero-order valence-corrected chi connectivity index (χ0v) is 8.04. The number of aldehydes is 1. The van der Waals surface area contributed by atoms with Gasteiger partial charge >= 0.3 is 0 Å². The van der Waals surface area contributed by atoms with E-state index in [0.717, 1.165) is 17.4 Å². The molecule has 1 amide bonds. The fraction of sp³-hybridized carbons (Fsp3) is 0.167. The van der Waals surface area contributed by atoms with E-state index in [-0.39, 0.29) is 12.3 Å². The fourth-order valence-electron chi connectivity index (χ4n) is 1.56. The highest BCUT2D eigenvalue weighted by Gasteiger charge is 2.20. The average Bonchev–Trinajstić information content (AvgIpc) is 2.62. The van der Waals surface area contributed by atoms with Crippen LogP contribution in [0.5, 0.6) is 0 Å². The summed E-state index contributed by atoms with van der Waals surface area (Å²) >= 11 is 0. The highest BCUT2D eigenvalue weighted by Crippen LogP contribution is 2.18. The molecule has 2 rings (SSSR count). The number of fused-ring (bicyclic) bond motifs is 1. The Balaban J connectivity index is 2.39. The predicted octanol–water partition coefficient (Wildman–Crippen LogP) is 0.871. The molecule has 1 aromatic carbocycles. The van der Waals surface area contributed by atoms with E-state index in [2.05, 4.69) is 17.2 Å². The van der Waals surface area contributed by atoms with Gasteiger partial charge in [-0.1, -0.05) is 17.9 Å². The second-order valence-electron chi connectivity index (χ2n) is 3.19. The molecule has 15 heavy (non-hydrogen) atoms. The van der Waals surface area contributed by atoms with Gasteiger partial charge in [-0.05, 0) is 17.7 Å². The molecule has 1 heterocycles. The standard InChI is InChI=1S/C12H9NO2/c14-7-2-1-4-9-5-3-6-10-11(9)8-13-12(10)15/h3,5-7H,2,8H2,(H,13,15). The van der Waals surface area contributed by atoms with Crippen LogP contribution in [-0.4, -0.2) is 12.2 Å². The number of carbonyl (C=O) groups is 2. The highest BCUT2D eigenvalue weighted by molar-refractivity contribution is 5.99. The molecule has 0 saturated carbocycles. The molecule has 0 spiro atoms. The van der Waals surface area contributed by atoms with Gasteiger partial charge in [-0.25, -0.2) is 0 Å². The molecule has 1 N–H and O–H groups in total. The first-order valence-electron chi connectivity index (χ1n) is 4.65. The van der Waals surface area contributed by atoms with E-state index in [1.807, 2.05) is 6.07 Å². The van der Waals surface area contributed by atoms with E-state index in [1.165, 1.54) is 0 Å². The quantitative estimate of drug-likeness (QED) is 0.539. The minimum absolute atomic E-state index is 0.0518. The lowest BCUT2D eigenvalue weighted by Gasteiger charge is -1.97. The van der Waals surface area contributed by atoms with Gasteiger partial charge in [0.2, 0.25) is 0 Å². The van der Waals surface area contributed by atoms with Crippen molar-refractivity contribution in [3.05, 3.63) is 34.9 Å². The molecular formula is C12H9NO2. The Labute approximate surface area is 87.5 Å². The molecule has 0 fully saturated rings. The molecule has 1 aromatic rings. The van der Waals surface area contributed by atoms with E-state index in [4.69, 9.17) is 0 Å². The van der Waals surface area contributed by atoms with E-state index in [0.29, 0.717) is 12.1 Å². The van der Waals surface area contributed by atoms with Gasteiger partial charge in [0, 0.05) is 17.7 Å². The minimum atomic E-state index is -0.0518. The maximum atomic E-state index is 11.3. The first-order chi connectivity index (χ1) is 7.33. The number of rotatable bonds is 1. The molecule has 3 heteroatoms. The third-order valence-corrected chi connectivity index (χ3v) is 2.25. The normalized spacial score (nSPS) is 12.4. The van der Waals surface area contributed by atoms with Crippen LogP contribution in [0, 0.1) is 11.8 Å². The fourth-order valence-corrected chi connectivity index (χ4v) is 1.56. The Morgan fingerprint density at radius 3 is 3.13 bits per heavy atom. The molecule has 74 valence electrons. The zero-order chi connectivity index (χ0) is 10.7. The summed E-state index contributed by atoms with van der Waals surface area (Å²) in [5, 5.41) is 2.74. The van der Waals surface area contributed by atoms with Crippen LogP contribution in [0.25, 0.3) is 0 Å². The second-order valence-corrected chi connectivity index (χ2v) is 3.19. The van der Waals surface area contributed by atoms with Crippen molar-refractivity contribution >= 4 is 12.2 Å². The second kappa shape index (κ2) is 3.97. The molecule has 0 aromatic heterocycles. The smallest absolute Gasteiger partial charge is 0.251 e. The Kier molecular flexibility index (Phi) is 2.51. The Hall–Kier alpha value is -2.08. The number of carbonyl (C=O) groups excluding carboxylic acids is 2. The molecule has 0 bridgehead atoms. The number of benzene rings is 1. The zero-order valence-electron chi connectivity index (χ0n) is 8.04. The summed E-state index contributed by atoms with van der Waals surface area (Å²) in [5.41, 5.74) is 2.45. The van der Waals surface area contributed by atoms with Crippen LogP contribution in [0.15, 0.2) is 18.2 Å². The third kappa shape index (κ3) is 1.75. The maximum Gasteiger partial charge on any atom is 0.251 e. The molecule has 0 radical (unpaired) electrons. The average molecular weight is 199 g/mol.